The molecule has 1 fully saturated rings. The zero-order valence-corrected chi connectivity index (χ0v) is 17.5. The lowest BCUT2D eigenvalue weighted by Crippen LogP contribution is -2.44. The molecule has 0 saturated carbocycles. The number of carbonyl (C=O) groups excluding carboxylic acids is 4. The monoisotopic (exact) mass is 423 g/mol. The first-order valence-corrected chi connectivity index (χ1v) is 9.80. The summed E-state index contributed by atoms with van der Waals surface area (Å²) in [6.07, 6.45) is 1.23. The number of carbonyl (C=O) groups is 4. The Bertz CT molecular complexity index is 798. The third kappa shape index (κ3) is 6.19. The van der Waals surface area contributed by atoms with Crippen LogP contribution in [-0.4, -0.2) is 47.4 Å². The number of hydrogen-bond donors (Lipinski definition) is 2. The molecule has 1 aliphatic heterocycles. The Hall–Kier alpha value is -2.61. The molecule has 1 heterocycles. The van der Waals surface area contributed by atoms with Crippen molar-refractivity contribution in [2.75, 3.05) is 13.2 Å². The summed E-state index contributed by atoms with van der Waals surface area (Å²) < 4.78 is 4.89. The summed E-state index contributed by atoms with van der Waals surface area (Å²) in [5, 5.41) is 5.74. The van der Waals surface area contributed by atoms with Crippen molar-refractivity contribution in [3.63, 3.8) is 0 Å². The van der Waals surface area contributed by atoms with Crippen LogP contribution in [0.25, 0.3) is 0 Å². The highest BCUT2D eigenvalue weighted by Crippen LogP contribution is 2.24. The average molecular weight is 424 g/mol. The van der Waals surface area contributed by atoms with Crippen molar-refractivity contribution in [1.82, 2.24) is 15.5 Å². The lowest BCUT2D eigenvalue weighted by molar-refractivity contribution is -0.151. The van der Waals surface area contributed by atoms with E-state index in [2.05, 4.69) is 10.6 Å². The van der Waals surface area contributed by atoms with Gasteiger partial charge in [0.25, 0.3) is 11.8 Å². The number of urea groups is 1. The van der Waals surface area contributed by atoms with Crippen LogP contribution >= 0.6 is 11.6 Å². The number of hydrogen-bond acceptors (Lipinski definition) is 5. The minimum absolute atomic E-state index is 0.192. The van der Waals surface area contributed by atoms with Crippen molar-refractivity contribution >= 4 is 35.4 Å². The van der Waals surface area contributed by atoms with Gasteiger partial charge in [-0.2, -0.15) is 0 Å². The second-order valence-corrected chi connectivity index (χ2v) is 8.02. The molecule has 0 unspecified atom stereocenters. The molecule has 29 heavy (non-hydrogen) atoms. The normalized spacial score (nSPS) is 18.7. The molecule has 0 bridgehead atoms. The highest BCUT2D eigenvalue weighted by atomic mass is 35.5. The van der Waals surface area contributed by atoms with E-state index in [1.807, 2.05) is 13.8 Å². The lowest BCUT2D eigenvalue weighted by atomic mass is 9.92. The zero-order valence-electron chi connectivity index (χ0n) is 16.8. The summed E-state index contributed by atoms with van der Waals surface area (Å²) in [7, 11) is 0. The van der Waals surface area contributed by atoms with E-state index >= 15 is 0 Å². The number of nitrogens with one attached hydrogen (secondary N) is 2. The van der Waals surface area contributed by atoms with Gasteiger partial charge in [0.2, 0.25) is 0 Å². The van der Waals surface area contributed by atoms with Crippen molar-refractivity contribution < 1.29 is 23.9 Å². The number of ether oxygens (including phenoxy) is 1. The topological polar surface area (TPSA) is 105 Å². The summed E-state index contributed by atoms with van der Waals surface area (Å²) in [6, 6.07) is 6.40. The van der Waals surface area contributed by atoms with Gasteiger partial charge in [-0.3, -0.25) is 19.3 Å². The molecule has 0 aromatic heterocycles. The molecule has 9 heteroatoms. The molecule has 2 N–H and O–H groups in total. The van der Waals surface area contributed by atoms with Gasteiger partial charge in [0.05, 0.1) is 0 Å². The minimum Gasteiger partial charge on any atom is -0.454 e. The van der Waals surface area contributed by atoms with E-state index in [-0.39, 0.29) is 6.54 Å². The molecule has 1 aromatic carbocycles. The van der Waals surface area contributed by atoms with Gasteiger partial charge in [-0.1, -0.05) is 43.6 Å². The second-order valence-electron chi connectivity index (χ2n) is 7.61. The van der Waals surface area contributed by atoms with Crippen LogP contribution in [0.4, 0.5) is 4.79 Å². The quantitative estimate of drug-likeness (QED) is 0.468. The first-order valence-electron chi connectivity index (χ1n) is 9.42. The number of halogens is 1. The third-order valence-corrected chi connectivity index (χ3v) is 5.02. The second kappa shape index (κ2) is 9.73. The van der Waals surface area contributed by atoms with Gasteiger partial charge in [0.15, 0.2) is 6.61 Å². The number of imide groups is 1. The van der Waals surface area contributed by atoms with Crippen LogP contribution in [0.5, 0.6) is 0 Å². The smallest absolute Gasteiger partial charge is 0.326 e. The third-order valence-electron chi connectivity index (χ3n) is 4.65. The molecule has 1 aromatic rings. The SMILES string of the molecule is CC(C)CC[C@@]1(C)NC(=O)N(CC(=O)OCC(=O)NCc2ccccc2Cl)C1=O. The van der Waals surface area contributed by atoms with Gasteiger partial charge < -0.3 is 15.4 Å². The van der Waals surface area contributed by atoms with Crippen molar-refractivity contribution in [3.8, 4) is 0 Å². The average Bonchev–Trinajstić information content (AvgIpc) is 2.87. The van der Waals surface area contributed by atoms with Crippen LogP contribution in [0.15, 0.2) is 24.3 Å². The summed E-state index contributed by atoms with van der Waals surface area (Å²) in [5.74, 6) is -1.45. The molecule has 4 amide bonds. The maximum atomic E-state index is 12.6. The van der Waals surface area contributed by atoms with E-state index < -0.39 is 42.5 Å². The largest absolute Gasteiger partial charge is 0.454 e. The van der Waals surface area contributed by atoms with Crippen LogP contribution in [0.3, 0.4) is 0 Å². The number of esters is 1. The van der Waals surface area contributed by atoms with Crippen molar-refractivity contribution in [1.29, 1.82) is 0 Å². The Kier molecular flexibility index (Phi) is 7.61. The van der Waals surface area contributed by atoms with Crippen LogP contribution in [0.1, 0.15) is 39.2 Å². The molecule has 2 rings (SSSR count). The van der Waals surface area contributed by atoms with Crippen molar-refractivity contribution in [3.05, 3.63) is 34.9 Å². The number of amides is 4. The fraction of sp³-hybridized carbons (Fsp3) is 0.500. The van der Waals surface area contributed by atoms with Crippen LogP contribution in [0.2, 0.25) is 5.02 Å². The molecule has 0 aliphatic carbocycles. The van der Waals surface area contributed by atoms with Gasteiger partial charge in [0, 0.05) is 11.6 Å². The summed E-state index contributed by atoms with van der Waals surface area (Å²) >= 11 is 6.01. The summed E-state index contributed by atoms with van der Waals surface area (Å²) in [5.41, 5.74) is -0.303. The van der Waals surface area contributed by atoms with Crippen LogP contribution < -0.4 is 10.6 Å². The Balaban J connectivity index is 1.79. The van der Waals surface area contributed by atoms with E-state index in [9.17, 15) is 19.2 Å². The molecule has 1 saturated heterocycles. The fourth-order valence-corrected chi connectivity index (χ4v) is 3.05. The minimum atomic E-state index is -1.03. The van der Waals surface area contributed by atoms with Gasteiger partial charge in [-0.25, -0.2) is 4.79 Å². The van der Waals surface area contributed by atoms with Gasteiger partial charge >= 0.3 is 12.0 Å². The molecule has 158 valence electrons. The van der Waals surface area contributed by atoms with Crippen molar-refractivity contribution in [2.24, 2.45) is 5.92 Å². The highest BCUT2D eigenvalue weighted by molar-refractivity contribution is 6.31. The van der Waals surface area contributed by atoms with Gasteiger partial charge in [0.1, 0.15) is 12.1 Å². The Morgan fingerprint density at radius 3 is 2.62 bits per heavy atom. The molecule has 8 nitrogen and oxygen atoms in total. The van der Waals surface area contributed by atoms with E-state index in [0.29, 0.717) is 17.4 Å². The Labute approximate surface area is 174 Å². The first-order chi connectivity index (χ1) is 13.6. The predicted molar refractivity (Wildman–Crippen MR) is 107 cm³/mol. The number of rotatable bonds is 9. The standard InChI is InChI=1S/C20H26ClN3O5/c1-13(2)8-9-20(3)18(27)24(19(28)23-20)11-17(26)29-12-16(25)22-10-14-6-4-5-7-15(14)21/h4-7,13H,8-12H2,1-3H3,(H,22,25)(H,23,28)/t20-/m1/s1. The van der Waals surface area contributed by atoms with Crippen molar-refractivity contribution in [2.45, 2.75) is 45.7 Å². The molecule has 1 atom stereocenters. The Morgan fingerprint density at radius 2 is 1.97 bits per heavy atom. The zero-order chi connectivity index (χ0) is 21.6. The van der Waals surface area contributed by atoms with E-state index in [1.54, 1.807) is 31.2 Å². The van der Waals surface area contributed by atoms with E-state index in [1.165, 1.54) is 0 Å². The number of benzene rings is 1. The molecule has 0 radical (unpaired) electrons. The number of nitrogens with zero attached hydrogens (tertiary/aromatic N) is 1. The maximum absolute atomic E-state index is 12.6. The maximum Gasteiger partial charge on any atom is 0.326 e. The summed E-state index contributed by atoms with van der Waals surface area (Å²) in [6.45, 7) is 4.82. The molecular weight excluding hydrogens is 398 g/mol. The van der Waals surface area contributed by atoms with Crippen LogP contribution in [0, 0.1) is 5.92 Å². The fourth-order valence-electron chi connectivity index (χ4n) is 2.84. The van der Waals surface area contributed by atoms with Gasteiger partial charge in [-0.05, 0) is 37.3 Å². The lowest BCUT2D eigenvalue weighted by Gasteiger charge is -2.22. The Morgan fingerprint density at radius 1 is 1.28 bits per heavy atom. The van der Waals surface area contributed by atoms with E-state index in [0.717, 1.165) is 16.9 Å². The molecule has 1 aliphatic rings. The summed E-state index contributed by atoms with van der Waals surface area (Å²) in [4.78, 5) is 49.3. The van der Waals surface area contributed by atoms with E-state index in [4.69, 9.17) is 16.3 Å². The van der Waals surface area contributed by atoms with Gasteiger partial charge in [-0.15, -0.1) is 0 Å². The predicted octanol–water partition coefficient (Wildman–Crippen LogP) is 2.25. The molecule has 0 spiro atoms. The highest BCUT2D eigenvalue weighted by Gasteiger charge is 2.48. The van der Waals surface area contributed by atoms with Crippen LogP contribution in [-0.2, 0) is 25.7 Å². The molecular formula is C20H26ClN3O5. The first kappa shape index (κ1) is 22.7.